The van der Waals surface area contributed by atoms with Crippen LogP contribution in [0.5, 0.6) is 0 Å². The number of hydrogen-bond acceptors (Lipinski definition) is 3. The third-order valence-corrected chi connectivity index (χ3v) is 3.34. The molecule has 4 nitrogen and oxygen atoms in total. The summed E-state index contributed by atoms with van der Waals surface area (Å²) in [7, 11) is 0. The second-order valence-electron chi connectivity index (χ2n) is 5.08. The Balaban J connectivity index is 1.82. The minimum atomic E-state index is -0.315. The number of amides is 1. The first kappa shape index (κ1) is 14.8. The van der Waals surface area contributed by atoms with Gasteiger partial charge in [0, 0.05) is 11.1 Å². The van der Waals surface area contributed by atoms with Crippen molar-refractivity contribution < 1.29 is 9.18 Å². The lowest BCUT2D eigenvalue weighted by Crippen LogP contribution is -2.18. The van der Waals surface area contributed by atoms with Gasteiger partial charge < -0.3 is 0 Å². The van der Waals surface area contributed by atoms with E-state index in [1.165, 1.54) is 18.3 Å². The maximum absolute atomic E-state index is 12.8. The summed E-state index contributed by atoms with van der Waals surface area (Å²) in [6.45, 7) is 1.84. The minimum absolute atomic E-state index is 0.315. The molecule has 1 aromatic heterocycles. The Labute approximate surface area is 132 Å². The Hall–Kier alpha value is -3.08. The number of aromatic nitrogens is 1. The molecule has 0 aliphatic rings. The highest BCUT2D eigenvalue weighted by Gasteiger charge is 2.10. The van der Waals surface area contributed by atoms with Gasteiger partial charge in [0.15, 0.2) is 0 Å². The van der Waals surface area contributed by atoms with Crippen molar-refractivity contribution >= 4 is 23.0 Å². The number of halogens is 1. The fraction of sp³-hybridized carbons (Fsp3) is 0.0556. The quantitative estimate of drug-likeness (QED) is 0.595. The van der Waals surface area contributed by atoms with E-state index in [0.717, 1.165) is 16.6 Å². The van der Waals surface area contributed by atoms with E-state index in [-0.39, 0.29) is 11.7 Å². The van der Waals surface area contributed by atoms with Crippen LogP contribution in [0.15, 0.2) is 59.7 Å². The standard InChI is InChI=1S/C18H14FN3O/c1-12-10-16(15-4-2-3-5-17(15)21-12)18(23)22-20-11-13-6-8-14(19)9-7-13/h2-11H,1H3,(H,22,23)/b20-11+. The zero-order chi connectivity index (χ0) is 16.2. The highest BCUT2D eigenvalue weighted by atomic mass is 19.1. The summed E-state index contributed by atoms with van der Waals surface area (Å²) < 4.78 is 12.8. The second kappa shape index (κ2) is 6.36. The number of hydrazone groups is 1. The topological polar surface area (TPSA) is 54.4 Å². The van der Waals surface area contributed by atoms with Crippen LogP contribution in [0.4, 0.5) is 4.39 Å². The van der Waals surface area contributed by atoms with Gasteiger partial charge in [-0.25, -0.2) is 9.82 Å². The fourth-order valence-corrected chi connectivity index (χ4v) is 2.27. The summed E-state index contributed by atoms with van der Waals surface area (Å²) in [6.07, 6.45) is 1.47. The monoisotopic (exact) mass is 307 g/mol. The Morgan fingerprint density at radius 1 is 1.17 bits per heavy atom. The molecule has 0 fully saturated rings. The zero-order valence-corrected chi connectivity index (χ0v) is 12.5. The molecule has 0 saturated heterocycles. The number of benzene rings is 2. The first-order chi connectivity index (χ1) is 11.1. The summed E-state index contributed by atoms with van der Waals surface area (Å²) >= 11 is 0. The summed E-state index contributed by atoms with van der Waals surface area (Å²) in [5.41, 5.74) is 5.23. The Bertz CT molecular complexity index is 888. The fourth-order valence-electron chi connectivity index (χ4n) is 2.27. The molecule has 0 aliphatic heterocycles. The summed E-state index contributed by atoms with van der Waals surface area (Å²) in [5, 5.41) is 4.69. The molecule has 1 amide bonds. The van der Waals surface area contributed by atoms with Gasteiger partial charge in [-0.2, -0.15) is 5.10 Å². The molecule has 3 aromatic rings. The van der Waals surface area contributed by atoms with Gasteiger partial charge in [-0.1, -0.05) is 30.3 Å². The van der Waals surface area contributed by atoms with Gasteiger partial charge in [0.2, 0.25) is 0 Å². The van der Waals surface area contributed by atoms with Gasteiger partial charge in [0.05, 0.1) is 17.3 Å². The molecule has 0 aliphatic carbocycles. The van der Waals surface area contributed by atoms with E-state index in [4.69, 9.17) is 0 Å². The van der Waals surface area contributed by atoms with E-state index in [2.05, 4.69) is 15.5 Å². The molecule has 3 rings (SSSR count). The molecule has 2 aromatic carbocycles. The highest BCUT2D eigenvalue weighted by Crippen LogP contribution is 2.18. The van der Waals surface area contributed by atoms with E-state index >= 15 is 0 Å². The minimum Gasteiger partial charge on any atom is -0.267 e. The number of carbonyl (C=O) groups is 1. The van der Waals surface area contributed by atoms with Crippen LogP contribution in [0.25, 0.3) is 10.9 Å². The van der Waals surface area contributed by atoms with Crippen LogP contribution < -0.4 is 5.43 Å². The van der Waals surface area contributed by atoms with Crippen molar-refractivity contribution in [2.75, 3.05) is 0 Å². The molecular formula is C18H14FN3O. The van der Waals surface area contributed by atoms with Gasteiger partial charge in [0.25, 0.3) is 5.91 Å². The number of pyridine rings is 1. The molecule has 0 radical (unpaired) electrons. The van der Waals surface area contributed by atoms with E-state index < -0.39 is 0 Å². The number of aryl methyl sites for hydroxylation is 1. The second-order valence-corrected chi connectivity index (χ2v) is 5.08. The van der Waals surface area contributed by atoms with E-state index in [1.807, 2.05) is 31.2 Å². The van der Waals surface area contributed by atoms with E-state index in [9.17, 15) is 9.18 Å². The van der Waals surface area contributed by atoms with Gasteiger partial charge in [-0.05, 0) is 36.8 Å². The van der Waals surface area contributed by atoms with Gasteiger partial charge in [-0.3, -0.25) is 9.78 Å². The molecule has 0 spiro atoms. The number of hydrogen-bond donors (Lipinski definition) is 1. The van der Waals surface area contributed by atoms with Crippen molar-refractivity contribution in [3.05, 3.63) is 77.2 Å². The average molecular weight is 307 g/mol. The van der Waals surface area contributed by atoms with Crippen LogP contribution in [-0.2, 0) is 0 Å². The van der Waals surface area contributed by atoms with Crippen LogP contribution in [-0.4, -0.2) is 17.1 Å². The predicted molar refractivity (Wildman–Crippen MR) is 87.9 cm³/mol. The number of fused-ring (bicyclic) bond motifs is 1. The number of nitrogens with zero attached hydrogens (tertiary/aromatic N) is 2. The molecule has 5 heteroatoms. The maximum atomic E-state index is 12.8. The van der Waals surface area contributed by atoms with Gasteiger partial charge >= 0.3 is 0 Å². The number of carbonyl (C=O) groups excluding carboxylic acids is 1. The van der Waals surface area contributed by atoms with Gasteiger partial charge in [-0.15, -0.1) is 0 Å². The molecule has 0 unspecified atom stereocenters. The summed E-state index contributed by atoms with van der Waals surface area (Å²) in [4.78, 5) is 16.7. The van der Waals surface area contributed by atoms with Crippen molar-refractivity contribution in [3.63, 3.8) is 0 Å². The Kier molecular flexibility index (Phi) is 4.10. The van der Waals surface area contributed by atoms with Crippen LogP contribution in [0, 0.1) is 12.7 Å². The Morgan fingerprint density at radius 3 is 2.70 bits per heavy atom. The largest absolute Gasteiger partial charge is 0.272 e. The van der Waals surface area contributed by atoms with Crippen molar-refractivity contribution in [3.8, 4) is 0 Å². The smallest absolute Gasteiger partial charge is 0.267 e. The lowest BCUT2D eigenvalue weighted by molar-refractivity contribution is 0.0956. The molecule has 114 valence electrons. The third-order valence-electron chi connectivity index (χ3n) is 3.34. The number of nitrogens with one attached hydrogen (secondary N) is 1. The molecule has 0 saturated carbocycles. The number of para-hydroxylation sites is 1. The third kappa shape index (κ3) is 3.40. The summed E-state index contributed by atoms with van der Waals surface area (Å²) in [5.74, 6) is -0.630. The molecule has 0 bridgehead atoms. The van der Waals surface area contributed by atoms with E-state index in [0.29, 0.717) is 11.1 Å². The Morgan fingerprint density at radius 2 is 1.91 bits per heavy atom. The average Bonchev–Trinajstić information content (AvgIpc) is 2.55. The predicted octanol–water partition coefficient (Wildman–Crippen LogP) is 3.45. The van der Waals surface area contributed by atoms with Gasteiger partial charge in [0.1, 0.15) is 5.82 Å². The molecule has 1 heterocycles. The molecular weight excluding hydrogens is 293 g/mol. The van der Waals surface area contributed by atoms with Crippen molar-refractivity contribution in [2.24, 2.45) is 5.10 Å². The zero-order valence-electron chi connectivity index (χ0n) is 12.5. The van der Waals surface area contributed by atoms with Crippen molar-refractivity contribution in [1.29, 1.82) is 0 Å². The van der Waals surface area contributed by atoms with E-state index in [1.54, 1.807) is 18.2 Å². The van der Waals surface area contributed by atoms with Crippen LogP contribution in [0.1, 0.15) is 21.6 Å². The van der Waals surface area contributed by atoms with Crippen LogP contribution in [0.3, 0.4) is 0 Å². The van der Waals surface area contributed by atoms with Crippen molar-refractivity contribution in [1.82, 2.24) is 10.4 Å². The highest BCUT2D eigenvalue weighted by molar-refractivity contribution is 6.06. The first-order valence-corrected chi connectivity index (χ1v) is 7.09. The lowest BCUT2D eigenvalue weighted by Gasteiger charge is -2.06. The lowest BCUT2D eigenvalue weighted by atomic mass is 10.1. The first-order valence-electron chi connectivity index (χ1n) is 7.09. The maximum Gasteiger partial charge on any atom is 0.272 e. The molecule has 0 atom stereocenters. The van der Waals surface area contributed by atoms with Crippen molar-refractivity contribution in [2.45, 2.75) is 6.92 Å². The molecule has 23 heavy (non-hydrogen) atoms. The SMILES string of the molecule is Cc1cc(C(=O)N/N=C/c2ccc(F)cc2)c2ccccc2n1. The molecule has 1 N–H and O–H groups in total. The van der Waals surface area contributed by atoms with Crippen LogP contribution >= 0.6 is 0 Å². The van der Waals surface area contributed by atoms with Crippen LogP contribution in [0.2, 0.25) is 0 Å². The normalized spacial score (nSPS) is 11.0. The number of rotatable bonds is 3. The summed E-state index contributed by atoms with van der Waals surface area (Å²) in [6, 6.07) is 15.0.